The standard InChI is InChI=1S/C15H24N2O3/c1-2-3-4-5-6-7-10-16-15(20)13-9-8-11-17(13)12-14(18)19/h8-9,11H,2-7,10,12H2,1H3,(H,16,20)(H,18,19). The van der Waals surface area contributed by atoms with E-state index in [2.05, 4.69) is 12.2 Å². The maximum Gasteiger partial charge on any atom is 0.323 e. The van der Waals surface area contributed by atoms with E-state index < -0.39 is 5.97 Å². The number of nitrogens with one attached hydrogen (secondary N) is 1. The number of carbonyl (C=O) groups is 2. The van der Waals surface area contributed by atoms with Crippen LogP contribution in [0.5, 0.6) is 0 Å². The molecule has 0 aliphatic heterocycles. The summed E-state index contributed by atoms with van der Waals surface area (Å²) in [5.41, 5.74) is 0.401. The van der Waals surface area contributed by atoms with Crippen molar-refractivity contribution in [2.45, 2.75) is 52.0 Å². The molecule has 0 radical (unpaired) electrons. The molecule has 0 fully saturated rings. The zero-order chi connectivity index (χ0) is 14.8. The molecule has 0 saturated carbocycles. The van der Waals surface area contributed by atoms with E-state index in [1.807, 2.05) is 0 Å². The molecule has 0 aliphatic rings. The second-order valence-electron chi connectivity index (χ2n) is 4.94. The SMILES string of the molecule is CCCCCCCCNC(=O)c1cccn1CC(=O)O. The van der Waals surface area contributed by atoms with Crippen LogP contribution in [0.25, 0.3) is 0 Å². The topological polar surface area (TPSA) is 71.3 Å². The maximum atomic E-state index is 11.9. The van der Waals surface area contributed by atoms with E-state index in [1.54, 1.807) is 18.3 Å². The van der Waals surface area contributed by atoms with Crippen LogP contribution in [0.15, 0.2) is 18.3 Å². The molecule has 5 heteroatoms. The normalized spacial score (nSPS) is 10.4. The van der Waals surface area contributed by atoms with Crippen LogP contribution in [0.3, 0.4) is 0 Å². The van der Waals surface area contributed by atoms with Crippen LogP contribution in [0, 0.1) is 0 Å². The summed E-state index contributed by atoms with van der Waals surface area (Å²) in [6.07, 6.45) is 8.66. The second-order valence-corrected chi connectivity index (χ2v) is 4.94. The first kappa shape index (κ1) is 16.3. The molecule has 0 aliphatic carbocycles. The minimum atomic E-state index is -0.953. The van der Waals surface area contributed by atoms with Gasteiger partial charge < -0.3 is 15.0 Å². The Morgan fingerprint density at radius 3 is 2.60 bits per heavy atom. The third-order valence-electron chi connectivity index (χ3n) is 3.18. The number of hydrogen-bond donors (Lipinski definition) is 2. The number of carbonyl (C=O) groups excluding carboxylic acids is 1. The van der Waals surface area contributed by atoms with Gasteiger partial charge in [-0.2, -0.15) is 0 Å². The van der Waals surface area contributed by atoms with Crippen molar-refractivity contribution in [2.75, 3.05) is 6.54 Å². The van der Waals surface area contributed by atoms with Crippen LogP contribution in [-0.4, -0.2) is 28.1 Å². The quantitative estimate of drug-likeness (QED) is 0.647. The number of unbranched alkanes of at least 4 members (excludes halogenated alkanes) is 5. The van der Waals surface area contributed by atoms with Crippen molar-refractivity contribution >= 4 is 11.9 Å². The fourth-order valence-electron chi connectivity index (χ4n) is 2.10. The lowest BCUT2D eigenvalue weighted by Gasteiger charge is -2.08. The molecule has 5 nitrogen and oxygen atoms in total. The minimum Gasteiger partial charge on any atom is -0.480 e. The molecular weight excluding hydrogens is 256 g/mol. The van der Waals surface area contributed by atoms with Gasteiger partial charge in [0, 0.05) is 12.7 Å². The molecule has 0 spiro atoms. The number of aliphatic carboxylic acids is 1. The third kappa shape index (κ3) is 5.91. The lowest BCUT2D eigenvalue weighted by Crippen LogP contribution is -2.27. The van der Waals surface area contributed by atoms with Gasteiger partial charge in [-0.05, 0) is 18.6 Å². The Morgan fingerprint density at radius 1 is 1.20 bits per heavy atom. The van der Waals surface area contributed by atoms with Crippen LogP contribution in [0.2, 0.25) is 0 Å². The molecule has 1 rings (SSSR count). The second kappa shape index (κ2) is 9.18. The zero-order valence-corrected chi connectivity index (χ0v) is 12.1. The van der Waals surface area contributed by atoms with Crippen molar-refractivity contribution in [3.8, 4) is 0 Å². The Balaban J connectivity index is 2.26. The molecule has 1 amide bonds. The predicted molar refractivity (Wildman–Crippen MR) is 77.8 cm³/mol. The summed E-state index contributed by atoms with van der Waals surface area (Å²) in [7, 11) is 0. The Morgan fingerprint density at radius 2 is 1.90 bits per heavy atom. The van der Waals surface area contributed by atoms with Crippen LogP contribution in [0.4, 0.5) is 0 Å². The highest BCUT2D eigenvalue weighted by molar-refractivity contribution is 5.93. The molecule has 0 atom stereocenters. The molecule has 112 valence electrons. The van der Waals surface area contributed by atoms with Crippen molar-refractivity contribution in [1.82, 2.24) is 9.88 Å². The third-order valence-corrected chi connectivity index (χ3v) is 3.18. The van der Waals surface area contributed by atoms with Gasteiger partial charge in [-0.15, -0.1) is 0 Å². The fraction of sp³-hybridized carbons (Fsp3) is 0.600. The Hall–Kier alpha value is -1.78. The highest BCUT2D eigenvalue weighted by atomic mass is 16.4. The van der Waals surface area contributed by atoms with Gasteiger partial charge in [0.05, 0.1) is 0 Å². The van der Waals surface area contributed by atoms with E-state index in [0.29, 0.717) is 12.2 Å². The number of amides is 1. The monoisotopic (exact) mass is 280 g/mol. The van der Waals surface area contributed by atoms with Gasteiger partial charge >= 0.3 is 5.97 Å². The van der Waals surface area contributed by atoms with Crippen LogP contribution >= 0.6 is 0 Å². The van der Waals surface area contributed by atoms with Crippen molar-refractivity contribution in [1.29, 1.82) is 0 Å². The first-order valence-electron chi connectivity index (χ1n) is 7.30. The minimum absolute atomic E-state index is 0.188. The average Bonchev–Trinajstić information content (AvgIpc) is 2.84. The summed E-state index contributed by atoms with van der Waals surface area (Å²) in [5.74, 6) is -1.16. The summed E-state index contributed by atoms with van der Waals surface area (Å²) >= 11 is 0. The van der Waals surface area contributed by atoms with E-state index in [9.17, 15) is 9.59 Å². The summed E-state index contributed by atoms with van der Waals surface area (Å²) in [4.78, 5) is 22.6. The first-order chi connectivity index (χ1) is 9.65. The van der Waals surface area contributed by atoms with E-state index in [4.69, 9.17) is 5.11 Å². The van der Waals surface area contributed by atoms with Gasteiger partial charge in [-0.3, -0.25) is 9.59 Å². The number of rotatable bonds is 10. The fourth-order valence-corrected chi connectivity index (χ4v) is 2.10. The number of nitrogens with zero attached hydrogens (tertiary/aromatic N) is 1. The lowest BCUT2D eigenvalue weighted by molar-refractivity contribution is -0.137. The van der Waals surface area contributed by atoms with Crippen LogP contribution < -0.4 is 5.32 Å². The van der Waals surface area contributed by atoms with Gasteiger partial charge in [0.15, 0.2) is 0 Å². The Labute approximate surface area is 120 Å². The summed E-state index contributed by atoms with van der Waals surface area (Å²) in [6, 6.07) is 3.32. The largest absolute Gasteiger partial charge is 0.480 e. The van der Waals surface area contributed by atoms with Crippen molar-refractivity contribution in [3.05, 3.63) is 24.0 Å². The molecule has 1 aromatic rings. The van der Waals surface area contributed by atoms with E-state index in [0.717, 1.165) is 12.8 Å². The maximum absolute atomic E-state index is 11.9. The molecule has 1 aromatic heterocycles. The first-order valence-corrected chi connectivity index (χ1v) is 7.30. The molecule has 0 unspecified atom stereocenters. The summed E-state index contributed by atoms with van der Waals surface area (Å²) in [5, 5.41) is 11.6. The highest BCUT2D eigenvalue weighted by Gasteiger charge is 2.11. The van der Waals surface area contributed by atoms with E-state index in [-0.39, 0.29) is 12.5 Å². The Kier molecular flexibility index (Phi) is 7.47. The highest BCUT2D eigenvalue weighted by Crippen LogP contribution is 2.05. The average molecular weight is 280 g/mol. The summed E-state index contributed by atoms with van der Waals surface area (Å²) in [6.45, 7) is 2.64. The molecule has 0 saturated heterocycles. The van der Waals surface area contributed by atoms with Gasteiger partial charge in [0.2, 0.25) is 0 Å². The molecule has 1 heterocycles. The van der Waals surface area contributed by atoms with E-state index >= 15 is 0 Å². The van der Waals surface area contributed by atoms with Crippen molar-refractivity contribution < 1.29 is 14.7 Å². The number of carboxylic acid groups (broad SMARTS) is 1. The van der Waals surface area contributed by atoms with Gasteiger partial charge in [0.25, 0.3) is 5.91 Å². The van der Waals surface area contributed by atoms with Crippen molar-refractivity contribution in [3.63, 3.8) is 0 Å². The molecule has 0 aromatic carbocycles. The number of hydrogen-bond acceptors (Lipinski definition) is 2. The number of aromatic nitrogens is 1. The van der Waals surface area contributed by atoms with Gasteiger partial charge in [-0.1, -0.05) is 39.0 Å². The molecule has 2 N–H and O–H groups in total. The molecule has 20 heavy (non-hydrogen) atoms. The predicted octanol–water partition coefficient (Wildman–Crippen LogP) is 2.66. The Bertz CT molecular complexity index is 427. The zero-order valence-electron chi connectivity index (χ0n) is 12.1. The smallest absolute Gasteiger partial charge is 0.323 e. The summed E-state index contributed by atoms with van der Waals surface area (Å²) < 4.78 is 1.44. The molecular formula is C15H24N2O3. The molecule has 0 bridgehead atoms. The van der Waals surface area contributed by atoms with Crippen LogP contribution in [-0.2, 0) is 11.3 Å². The lowest BCUT2D eigenvalue weighted by atomic mass is 10.1. The van der Waals surface area contributed by atoms with E-state index in [1.165, 1.54) is 30.3 Å². The van der Waals surface area contributed by atoms with Gasteiger partial charge in [-0.25, -0.2) is 0 Å². The van der Waals surface area contributed by atoms with Crippen molar-refractivity contribution in [2.24, 2.45) is 0 Å². The van der Waals surface area contributed by atoms with Gasteiger partial charge in [0.1, 0.15) is 12.2 Å². The number of carboxylic acids is 1. The van der Waals surface area contributed by atoms with Crippen LogP contribution in [0.1, 0.15) is 55.9 Å².